The van der Waals surface area contributed by atoms with Crippen molar-refractivity contribution in [2.24, 2.45) is 0 Å². The van der Waals surface area contributed by atoms with E-state index in [1.54, 1.807) is 22.3 Å². The Morgan fingerprint density at radius 2 is 0.633 bits per heavy atom. The molecule has 0 aliphatic rings. The van der Waals surface area contributed by atoms with E-state index in [4.69, 9.17) is 11.5 Å². The molecule has 4 N–H and O–H groups in total. The van der Waals surface area contributed by atoms with Gasteiger partial charge in [0, 0.05) is 11.4 Å². The third-order valence-electron chi connectivity index (χ3n) is 10.3. The average molecular weight is 659 g/mol. The lowest BCUT2D eigenvalue weighted by atomic mass is 9.92. The Morgan fingerprint density at radius 3 is 1.00 bits per heavy atom. The Hall–Kier alpha value is -3.52. The zero-order valence-electron chi connectivity index (χ0n) is 31.1. The summed E-state index contributed by atoms with van der Waals surface area (Å²) in [7, 11) is 0. The summed E-state index contributed by atoms with van der Waals surface area (Å²) in [6.45, 7) is 4.60. The molecule has 2 nitrogen and oxygen atoms in total. The summed E-state index contributed by atoms with van der Waals surface area (Å²) in [5, 5.41) is 0. The molecule has 0 bridgehead atoms. The van der Waals surface area contributed by atoms with Crippen LogP contribution in [0.25, 0.3) is 0 Å². The third kappa shape index (κ3) is 14.5. The van der Waals surface area contributed by atoms with Crippen LogP contribution in [0.3, 0.4) is 0 Å². The number of unbranched alkanes of at least 4 members (excludes halogenated alkanes) is 12. The fourth-order valence-electron chi connectivity index (χ4n) is 7.27. The Bertz CT molecular complexity index is 1350. The number of rotatable bonds is 24. The van der Waals surface area contributed by atoms with E-state index >= 15 is 0 Å². The Morgan fingerprint density at radius 1 is 0.327 bits per heavy atom. The number of aryl methyl sites for hydroxylation is 4. The molecule has 0 aliphatic carbocycles. The summed E-state index contributed by atoms with van der Waals surface area (Å²) >= 11 is 0. The van der Waals surface area contributed by atoms with Crippen LogP contribution < -0.4 is 11.5 Å². The number of hydrogen-bond donors (Lipinski definition) is 2. The van der Waals surface area contributed by atoms with Crippen LogP contribution in [0.4, 0.5) is 11.4 Å². The largest absolute Gasteiger partial charge is 0.399 e. The van der Waals surface area contributed by atoms with E-state index in [2.05, 4.69) is 74.5 Å². The van der Waals surface area contributed by atoms with E-state index < -0.39 is 0 Å². The molecule has 0 radical (unpaired) electrons. The van der Waals surface area contributed by atoms with E-state index in [9.17, 15) is 0 Å². The van der Waals surface area contributed by atoms with Gasteiger partial charge in [0.2, 0.25) is 0 Å². The molecule has 0 unspecified atom stereocenters. The van der Waals surface area contributed by atoms with Gasteiger partial charge in [0.05, 0.1) is 0 Å². The van der Waals surface area contributed by atoms with Gasteiger partial charge >= 0.3 is 0 Å². The molecule has 264 valence electrons. The maximum Gasteiger partial charge on any atom is 0.0314 e. The van der Waals surface area contributed by atoms with Crippen molar-refractivity contribution in [1.82, 2.24) is 0 Å². The van der Waals surface area contributed by atoms with Crippen molar-refractivity contribution in [2.45, 2.75) is 149 Å². The SMILES string of the molecule is CCCCCCc1cc(Cc2ccc(N)cc2)ccc1CCCCCCCCCc1ccc(Cc2ccc(N)cc2)cc1CCCCCC. The van der Waals surface area contributed by atoms with Gasteiger partial charge in [-0.05, 0) is 133 Å². The maximum atomic E-state index is 5.91. The standard InChI is InChI=1S/C47H66N2/c1-3-5-7-14-20-44-36-40(34-38-24-30-46(48)31-25-38)22-28-42(44)18-16-12-10-9-11-13-17-19-43-29-23-41(35-39-26-32-47(49)33-27-39)37-45(43)21-15-8-6-4-2/h22-33,36-37H,3-21,34-35,48-49H2,1-2H3. The van der Waals surface area contributed by atoms with Gasteiger partial charge in [0.25, 0.3) is 0 Å². The van der Waals surface area contributed by atoms with E-state index in [0.29, 0.717) is 0 Å². The predicted octanol–water partition coefficient (Wildman–Crippen LogP) is 12.8. The maximum absolute atomic E-state index is 5.91. The Balaban J connectivity index is 1.19. The van der Waals surface area contributed by atoms with Crippen LogP contribution in [0, 0.1) is 0 Å². The second kappa shape index (κ2) is 22.2. The lowest BCUT2D eigenvalue weighted by Crippen LogP contribution is -1.99. The lowest BCUT2D eigenvalue weighted by Gasteiger charge is -2.13. The predicted molar refractivity (Wildman–Crippen MR) is 216 cm³/mol. The fourth-order valence-corrected chi connectivity index (χ4v) is 7.27. The Kier molecular flexibility index (Phi) is 17.4. The summed E-state index contributed by atoms with van der Waals surface area (Å²) in [6, 6.07) is 31.3. The van der Waals surface area contributed by atoms with Crippen LogP contribution >= 0.6 is 0 Å². The number of nitrogen functional groups attached to an aromatic ring is 2. The highest BCUT2D eigenvalue weighted by Crippen LogP contribution is 2.23. The van der Waals surface area contributed by atoms with E-state index in [1.165, 1.54) is 144 Å². The Labute approximate surface area is 300 Å². The minimum Gasteiger partial charge on any atom is -0.399 e. The van der Waals surface area contributed by atoms with Crippen molar-refractivity contribution in [3.8, 4) is 0 Å². The van der Waals surface area contributed by atoms with Crippen LogP contribution in [0.15, 0.2) is 84.9 Å². The zero-order chi connectivity index (χ0) is 34.5. The molecule has 0 saturated heterocycles. The molecule has 0 aliphatic heterocycles. The van der Waals surface area contributed by atoms with Crippen molar-refractivity contribution in [3.05, 3.63) is 129 Å². The average Bonchev–Trinajstić information content (AvgIpc) is 3.11. The fraction of sp³-hybridized carbons (Fsp3) is 0.489. The minimum absolute atomic E-state index is 0.839. The van der Waals surface area contributed by atoms with Gasteiger partial charge < -0.3 is 11.5 Å². The van der Waals surface area contributed by atoms with Gasteiger partial charge in [0.15, 0.2) is 0 Å². The van der Waals surface area contributed by atoms with Crippen LogP contribution in [-0.2, 0) is 38.5 Å². The van der Waals surface area contributed by atoms with Crippen LogP contribution in [0.5, 0.6) is 0 Å². The van der Waals surface area contributed by atoms with E-state index in [1.807, 2.05) is 24.3 Å². The number of benzene rings is 4. The summed E-state index contributed by atoms with van der Waals surface area (Å²) in [4.78, 5) is 0. The van der Waals surface area contributed by atoms with Gasteiger partial charge in [-0.15, -0.1) is 0 Å². The first-order valence-corrected chi connectivity index (χ1v) is 19.9. The van der Waals surface area contributed by atoms with Crippen LogP contribution in [-0.4, -0.2) is 0 Å². The second-order valence-electron chi connectivity index (χ2n) is 14.6. The number of hydrogen-bond acceptors (Lipinski definition) is 2. The highest BCUT2D eigenvalue weighted by Gasteiger charge is 2.08. The molecule has 4 aromatic carbocycles. The van der Waals surface area contributed by atoms with Crippen molar-refractivity contribution in [3.63, 3.8) is 0 Å². The highest BCUT2D eigenvalue weighted by atomic mass is 14.5. The van der Waals surface area contributed by atoms with Crippen molar-refractivity contribution in [2.75, 3.05) is 11.5 Å². The second-order valence-corrected chi connectivity index (χ2v) is 14.6. The molecular formula is C47H66N2. The molecule has 0 amide bonds. The summed E-state index contributed by atoms with van der Waals surface area (Å²) in [5.41, 5.74) is 25.4. The molecule has 0 fully saturated rings. The molecule has 0 spiro atoms. The highest BCUT2D eigenvalue weighted by molar-refractivity contribution is 5.43. The lowest BCUT2D eigenvalue weighted by molar-refractivity contribution is 0.577. The van der Waals surface area contributed by atoms with Crippen molar-refractivity contribution >= 4 is 11.4 Å². The summed E-state index contributed by atoms with van der Waals surface area (Å²) < 4.78 is 0. The first-order valence-electron chi connectivity index (χ1n) is 19.9. The van der Waals surface area contributed by atoms with Crippen molar-refractivity contribution < 1.29 is 0 Å². The van der Waals surface area contributed by atoms with Gasteiger partial charge in [-0.2, -0.15) is 0 Å². The normalized spacial score (nSPS) is 11.3. The number of nitrogens with two attached hydrogens (primary N) is 2. The molecule has 4 aromatic rings. The smallest absolute Gasteiger partial charge is 0.0314 e. The van der Waals surface area contributed by atoms with Crippen LogP contribution in [0.2, 0.25) is 0 Å². The number of anilines is 2. The van der Waals surface area contributed by atoms with Gasteiger partial charge in [-0.3, -0.25) is 0 Å². The van der Waals surface area contributed by atoms with E-state index in [0.717, 1.165) is 24.2 Å². The van der Waals surface area contributed by atoms with Gasteiger partial charge in [-0.1, -0.05) is 145 Å². The first-order chi connectivity index (χ1) is 24.0. The molecule has 4 rings (SSSR count). The molecular weight excluding hydrogens is 593 g/mol. The molecule has 0 atom stereocenters. The monoisotopic (exact) mass is 659 g/mol. The van der Waals surface area contributed by atoms with Gasteiger partial charge in [-0.25, -0.2) is 0 Å². The quantitative estimate of drug-likeness (QED) is 0.0581. The summed E-state index contributed by atoms with van der Waals surface area (Å²) in [6.07, 6.45) is 26.8. The van der Waals surface area contributed by atoms with Crippen molar-refractivity contribution in [1.29, 1.82) is 0 Å². The van der Waals surface area contributed by atoms with Crippen LogP contribution in [0.1, 0.15) is 155 Å². The first kappa shape index (κ1) is 38.3. The molecule has 2 heteroatoms. The molecule has 0 saturated carbocycles. The molecule has 49 heavy (non-hydrogen) atoms. The topological polar surface area (TPSA) is 52.0 Å². The molecule has 0 aromatic heterocycles. The zero-order valence-corrected chi connectivity index (χ0v) is 31.1. The van der Waals surface area contributed by atoms with E-state index in [-0.39, 0.29) is 0 Å². The minimum atomic E-state index is 0.839. The molecule has 0 heterocycles. The third-order valence-corrected chi connectivity index (χ3v) is 10.3. The van der Waals surface area contributed by atoms with Gasteiger partial charge in [0.1, 0.15) is 0 Å². The summed E-state index contributed by atoms with van der Waals surface area (Å²) in [5.74, 6) is 0.